The van der Waals surface area contributed by atoms with E-state index in [1.807, 2.05) is 0 Å². The van der Waals surface area contributed by atoms with Crippen molar-refractivity contribution in [2.24, 2.45) is 5.92 Å². The third kappa shape index (κ3) is 8.32. The molecular formula is C36H33F3N6O6. The van der Waals surface area contributed by atoms with E-state index < -0.39 is 47.0 Å². The number of rotatable bonds is 10. The highest BCUT2D eigenvalue weighted by Crippen LogP contribution is 2.35. The van der Waals surface area contributed by atoms with Gasteiger partial charge in [-0.2, -0.15) is 18.3 Å². The first-order valence-electron chi connectivity index (χ1n) is 15.9. The van der Waals surface area contributed by atoms with Crippen LogP contribution in [0.25, 0.3) is 17.1 Å². The fourth-order valence-electron chi connectivity index (χ4n) is 5.06. The molecule has 1 fully saturated rings. The van der Waals surface area contributed by atoms with E-state index in [0.29, 0.717) is 23.6 Å². The Labute approximate surface area is 289 Å². The molecule has 6 rings (SSSR count). The van der Waals surface area contributed by atoms with Crippen molar-refractivity contribution in [2.45, 2.75) is 51.5 Å². The summed E-state index contributed by atoms with van der Waals surface area (Å²) in [6, 6.07) is 16.8. The number of halogens is 3. The second-order valence-corrected chi connectivity index (χ2v) is 13.0. The molecule has 15 heteroatoms. The van der Waals surface area contributed by atoms with Gasteiger partial charge in [-0.3, -0.25) is 14.5 Å². The Hall–Kier alpha value is -5.83. The highest BCUT2D eigenvalue weighted by Gasteiger charge is 2.38. The number of hydrogen-bond acceptors (Lipinski definition) is 9. The summed E-state index contributed by atoms with van der Waals surface area (Å²) in [7, 11) is 0. The zero-order valence-corrected chi connectivity index (χ0v) is 27.7. The number of nitrogens with one attached hydrogen (secondary N) is 1. The largest absolute Gasteiger partial charge is 0.444 e. The molecule has 12 nitrogen and oxygen atoms in total. The molecule has 264 valence electrons. The third-order valence-electron chi connectivity index (χ3n) is 7.77. The topological polar surface area (TPSA) is 153 Å². The van der Waals surface area contributed by atoms with Crippen LogP contribution < -0.4 is 10.2 Å². The standard InChI is InChI=1S/C36H33F3N6O6/c1-35(2,3)51-34(49)44(18-21-9-10-21)28-17-24(15-16-40-28)33-42-27(20-50-33)32(48)41-26-19-45(43-31(26)36(37,38)39)25-13-11-23(12-14-25)30(47)29(46)22-7-5-4-6-8-22/h4-8,11-17,19-21,29,46H,9-10,18H2,1-3H3,(H,41,48). The summed E-state index contributed by atoms with van der Waals surface area (Å²) in [5.74, 6) is -1.02. The van der Waals surface area contributed by atoms with Gasteiger partial charge in [-0.15, -0.1) is 0 Å². The van der Waals surface area contributed by atoms with Crippen LogP contribution in [-0.2, 0) is 10.9 Å². The van der Waals surface area contributed by atoms with E-state index in [0.717, 1.165) is 30.0 Å². The van der Waals surface area contributed by atoms with Gasteiger partial charge in [0.05, 0.1) is 17.6 Å². The average molecular weight is 703 g/mol. The van der Waals surface area contributed by atoms with E-state index in [4.69, 9.17) is 9.15 Å². The molecule has 2 aromatic carbocycles. The summed E-state index contributed by atoms with van der Waals surface area (Å²) < 4.78 is 54.1. The summed E-state index contributed by atoms with van der Waals surface area (Å²) in [5, 5.41) is 16.3. The predicted octanol–water partition coefficient (Wildman–Crippen LogP) is 7.26. The minimum atomic E-state index is -4.94. The van der Waals surface area contributed by atoms with Gasteiger partial charge in [-0.25, -0.2) is 19.4 Å². The first kappa shape index (κ1) is 35.0. The molecule has 1 saturated carbocycles. The third-order valence-corrected chi connectivity index (χ3v) is 7.77. The molecular weight excluding hydrogens is 669 g/mol. The zero-order valence-electron chi connectivity index (χ0n) is 27.7. The van der Waals surface area contributed by atoms with Crippen molar-refractivity contribution in [3.8, 4) is 17.1 Å². The number of hydrogen-bond donors (Lipinski definition) is 2. The number of pyridine rings is 1. The fraction of sp³-hybridized carbons (Fsp3) is 0.278. The summed E-state index contributed by atoms with van der Waals surface area (Å²) in [6.07, 6.45) is -1.56. The molecule has 0 spiro atoms. The Morgan fingerprint density at radius 3 is 2.41 bits per heavy atom. The lowest BCUT2D eigenvalue weighted by atomic mass is 10.00. The first-order valence-corrected chi connectivity index (χ1v) is 15.9. The summed E-state index contributed by atoms with van der Waals surface area (Å²) >= 11 is 0. The van der Waals surface area contributed by atoms with Crippen molar-refractivity contribution in [3.05, 3.63) is 108 Å². The van der Waals surface area contributed by atoms with Crippen LogP contribution in [0, 0.1) is 5.92 Å². The lowest BCUT2D eigenvalue weighted by Gasteiger charge is -2.27. The van der Waals surface area contributed by atoms with Crippen molar-refractivity contribution < 1.29 is 41.8 Å². The quantitative estimate of drug-likeness (QED) is 0.143. The van der Waals surface area contributed by atoms with Crippen molar-refractivity contribution in [1.29, 1.82) is 0 Å². The Bertz CT molecular complexity index is 2050. The number of ether oxygens (including phenoxy) is 1. The molecule has 0 radical (unpaired) electrons. The second kappa shape index (κ2) is 13.8. The lowest BCUT2D eigenvalue weighted by molar-refractivity contribution is -0.140. The van der Waals surface area contributed by atoms with Gasteiger partial charge in [0.2, 0.25) is 5.89 Å². The van der Waals surface area contributed by atoms with Gasteiger partial charge in [0.25, 0.3) is 5.91 Å². The molecule has 2 amide bonds. The van der Waals surface area contributed by atoms with Crippen LogP contribution in [0.4, 0.5) is 29.5 Å². The maximum Gasteiger partial charge on any atom is 0.437 e. The van der Waals surface area contributed by atoms with Crippen molar-refractivity contribution in [3.63, 3.8) is 0 Å². The number of amides is 2. The monoisotopic (exact) mass is 702 g/mol. The number of benzene rings is 2. The van der Waals surface area contributed by atoms with Crippen LogP contribution in [0.15, 0.2) is 89.8 Å². The van der Waals surface area contributed by atoms with Gasteiger partial charge < -0.3 is 19.6 Å². The summed E-state index contributed by atoms with van der Waals surface area (Å²) in [4.78, 5) is 48.8. The molecule has 3 heterocycles. The molecule has 2 N–H and O–H groups in total. The number of Topliss-reactive ketones (excluding diaryl/α,β-unsaturated/α-hetero) is 1. The van der Waals surface area contributed by atoms with E-state index in [9.17, 15) is 32.7 Å². The number of carbonyl (C=O) groups excluding carboxylic acids is 3. The van der Waals surface area contributed by atoms with Gasteiger partial charge in [-0.05, 0) is 81.5 Å². The van der Waals surface area contributed by atoms with Crippen LogP contribution in [0.2, 0.25) is 0 Å². The molecule has 0 saturated heterocycles. The lowest BCUT2D eigenvalue weighted by Crippen LogP contribution is -2.38. The number of aromatic nitrogens is 4. The predicted molar refractivity (Wildman–Crippen MR) is 178 cm³/mol. The fourth-order valence-corrected chi connectivity index (χ4v) is 5.06. The number of aliphatic hydroxyl groups excluding tert-OH is 1. The van der Waals surface area contributed by atoms with Gasteiger partial charge in [0.15, 0.2) is 17.2 Å². The molecule has 1 aliphatic rings. The van der Waals surface area contributed by atoms with E-state index in [1.54, 1.807) is 63.2 Å². The highest BCUT2D eigenvalue weighted by atomic mass is 19.4. The van der Waals surface area contributed by atoms with Crippen molar-refractivity contribution in [1.82, 2.24) is 19.7 Å². The minimum Gasteiger partial charge on any atom is -0.444 e. The maximum absolute atomic E-state index is 14.0. The van der Waals surface area contributed by atoms with Crippen LogP contribution in [0.5, 0.6) is 0 Å². The molecule has 5 aromatic rings. The molecule has 0 aliphatic heterocycles. The van der Waals surface area contributed by atoms with Crippen LogP contribution >= 0.6 is 0 Å². The van der Waals surface area contributed by atoms with Crippen LogP contribution in [0.1, 0.15) is 71.8 Å². The highest BCUT2D eigenvalue weighted by molar-refractivity contribution is 6.03. The minimum absolute atomic E-state index is 0.0295. The molecule has 51 heavy (non-hydrogen) atoms. The molecule has 0 bridgehead atoms. The van der Waals surface area contributed by atoms with E-state index in [1.165, 1.54) is 35.4 Å². The Balaban J connectivity index is 1.19. The zero-order chi connectivity index (χ0) is 36.5. The van der Waals surface area contributed by atoms with Crippen molar-refractivity contribution >= 4 is 29.3 Å². The molecule has 1 atom stereocenters. The first-order chi connectivity index (χ1) is 24.2. The normalized spacial score (nSPS) is 13.8. The average Bonchev–Trinajstić information content (AvgIpc) is 3.59. The van der Waals surface area contributed by atoms with Gasteiger partial charge in [0.1, 0.15) is 23.8 Å². The van der Waals surface area contributed by atoms with E-state index in [2.05, 4.69) is 20.4 Å². The number of oxazole rings is 1. The van der Waals surface area contributed by atoms with Gasteiger partial charge in [0, 0.05) is 23.9 Å². The Morgan fingerprint density at radius 2 is 1.76 bits per heavy atom. The Morgan fingerprint density at radius 1 is 1.06 bits per heavy atom. The molecule has 1 aliphatic carbocycles. The van der Waals surface area contributed by atoms with E-state index in [-0.39, 0.29) is 28.7 Å². The number of anilines is 2. The Kier molecular flexibility index (Phi) is 9.49. The molecule has 1 unspecified atom stereocenters. The SMILES string of the molecule is CC(C)(C)OC(=O)N(CC1CC1)c1cc(-c2nc(C(=O)Nc3cn(-c4ccc(C(=O)C(O)c5ccccc5)cc4)nc3C(F)(F)F)co2)ccn1. The van der Waals surface area contributed by atoms with Crippen molar-refractivity contribution in [2.75, 3.05) is 16.8 Å². The number of nitrogens with zero attached hydrogens (tertiary/aromatic N) is 5. The van der Waals surface area contributed by atoms with Crippen LogP contribution in [0.3, 0.4) is 0 Å². The number of alkyl halides is 3. The van der Waals surface area contributed by atoms with E-state index >= 15 is 0 Å². The number of ketones is 1. The second-order valence-electron chi connectivity index (χ2n) is 13.0. The summed E-state index contributed by atoms with van der Waals surface area (Å²) in [5.41, 5.74) is -2.00. The number of carbonyl (C=O) groups is 3. The number of aliphatic hydroxyl groups is 1. The maximum atomic E-state index is 14.0. The van der Waals surface area contributed by atoms with Crippen LogP contribution in [-0.4, -0.2) is 54.8 Å². The molecule has 3 aromatic heterocycles. The van der Waals surface area contributed by atoms with Gasteiger partial charge in [-0.1, -0.05) is 30.3 Å². The van der Waals surface area contributed by atoms with Gasteiger partial charge >= 0.3 is 12.3 Å². The summed E-state index contributed by atoms with van der Waals surface area (Å²) in [6.45, 7) is 5.67. The smallest absolute Gasteiger partial charge is 0.437 e.